The van der Waals surface area contributed by atoms with Crippen molar-refractivity contribution < 1.29 is 19.0 Å². The molecule has 0 N–H and O–H groups in total. The van der Waals surface area contributed by atoms with Gasteiger partial charge in [0.05, 0.1) is 25.4 Å². The zero-order valence-electron chi connectivity index (χ0n) is 10.5. The maximum atomic E-state index is 10.7. The van der Waals surface area contributed by atoms with Gasteiger partial charge in [-0.1, -0.05) is 13.5 Å². The van der Waals surface area contributed by atoms with Gasteiger partial charge in [0.25, 0.3) is 0 Å². The smallest absolute Gasteiger partial charge is 0.330 e. The van der Waals surface area contributed by atoms with E-state index in [1.807, 2.05) is 13.8 Å². The lowest BCUT2D eigenvalue weighted by molar-refractivity contribution is -0.139. The molecule has 0 aromatic carbocycles. The van der Waals surface area contributed by atoms with Gasteiger partial charge in [-0.2, -0.15) is 0 Å². The number of hydrogen-bond donors (Lipinski definition) is 0. The van der Waals surface area contributed by atoms with Crippen molar-refractivity contribution in [1.82, 2.24) is 0 Å². The van der Waals surface area contributed by atoms with Gasteiger partial charge in [0, 0.05) is 6.08 Å². The van der Waals surface area contributed by atoms with Crippen LogP contribution in [0.2, 0.25) is 0 Å². The molecular formula is C12H22O4. The Bertz CT molecular complexity index is 211. The van der Waals surface area contributed by atoms with Gasteiger partial charge in [0.15, 0.2) is 0 Å². The number of ether oxygens (including phenoxy) is 3. The fraction of sp³-hybridized carbons (Fsp3) is 0.750. The SMILES string of the molecule is C=CC(=O)OCCOCCOC(C)(C)CC. The molecular weight excluding hydrogens is 208 g/mol. The average Bonchev–Trinajstić information content (AvgIpc) is 2.27. The first-order valence-electron chi connectivity index (χ1n) is 5.52. The Hall–Kier alpha value is -0.870. The van der Waals surface area contributed by atoms with E-state index in [9.17, 15) is 4.79 Å². The molecule has 0 rings (SSSR count). The summed E-state index contributed by atoms with van der Waals surface area (Å²) >= 11 is 0. The third-order valence-electron chi connectivity index (χ3n) is 2.21. The van der Waals surface area contributed by atoms with E-state index in [4.69, 9.17) is 14.2 Å². The maximum absolute atomic E-state index is 10.7. The van der Waals surface area contributed by atoms with Crippen LogP contribution in [0, 0.1) is 0 Å². The fourth-order valence-corrected chi connectivity index (χ4v) is 0.841. The molecule has 0 saturated carbocycles. The molecule has 0 aromatic heterocycles. The van der Waals surface area contributed by atoms with E-state index in [0.29, 0.717) is 19.8 Å². The van der Waals surface area contributed by atoms with Gasteiger partial charge in [-0.25, -0.2) is 4.79 Å². The van der Waals surface area contributed by atoms with Crippen molar-refractivity contribution >= 4 is 5.97 Å². The van der Waals surface area contributed by atoms with Crippen LogP contribution >= 0.6 is 0 Å². The summed E-state index contributed by atoms with van der Waals surface area (Å²) in [6.07, 6.45) is 2.09. The highest BCUT2D eigenvalue weighted by atomic mass is 16.6. The minimum Gasteiger partial charge on any atom is -0.460 e. The molecule has 94 valence electrons. The van der Waals surface area contributed by atoms with Crippen molar-refractivity contribution in [3.63, 3.8) is 0 Å². The molecule has 16 heavy (non-hydrogen) atoms. The molecule has 0 aromatic rings. The summed E-state index contributed by atoms with van der Waals surface area (Å²) in [5.41, 5.74) is -0.0985. The van der Waals surface area contributed by atoms with Gasteiger partial charge in [0.1, 0.15) is 6.61 Å². The van der Waals surface area contributed by atoms with Crippen molar-refractivity contribution in [3.05, 3.63) is 12.7 Å². The molecule has 0 unspecified atom stereocenters. The predicted molar refractivity (Wildman–Crippen MR) is 62.3 cm³/mol. The van der Waals surface area contributed by atoms with Gasteiger partial charge in [-0.15, -0.1) is 0 Å². The molecule has 0 aliphatic heterocycles. The van der Waals surface area contributed by atoms with E-state index in [1.165, 1.54) is 0 Å². The molecule has 0 heterocycles. The van der Waals surface area contributed by atoms with Crippen molar-refractivity contribution in [2.45, 2.75) is 32.8 Å². The van der Waals surface area contributed by atoms with Crippen molar-refractivity contribution in [1.29, 1.82) is 0 Å². The number of hydrogen-bond acceptors (Lipinski definition) is 4. The molecule has 0 atom stereocenters. The first kappa shape index (κ1) is 15.1. The van der Waals surface area contributed by atoms with Crippen LogP contribution in [0.5, 0.6) is 0 Å². The van der Waals surface area contributed by atoms with Crippen molar-refractivity contribution in [2.75, 3.05) is 26.4 Å². The largest absolute Gasteiger partial charge is 0.460 e. The van der Waals surface area contributed by atoms with E-state index in [1.54, 1.807) is 0 Å². The van der Waals surface area contributed by atoms with E-state index in [0.717, 1.165) is 12.5 Å². The lowest BCUT2D eigenvalue weighted by atomic mass is 10.1. The number of esters is 1. The van der Waals surface area contributed by atoms with Gasteiger partial charge in [0.2, 0.25) is 0 Å². The Morgan fingerprint density at radius 3 is 2.44 bits per heavy atom. The first-order valence-corrected chi connectivity index (χ1v) is 5.52. The van der Waals surface area contributed by atoms with Crippen LogP contribution in [0.25, 0.3) is 0 Å². The molecule has 0 fully saturated rings. The van der Waals surface area contributed by atoms with Crippen LogP contribution < -0.4 is 0 Å². The lowest BCUT2D eigenvalue weighted by Gasteiger charge is -2.23. The highest BCUT2D eigenvalue weighted by Crippen LogP contribution is 2.12. The van der Waals surface area contributed by atoms with Crippen LogP contribution in [0.4, 0.5) is 0 Å². The van der Waals surface area contributed by atoms with Crippen LogP contribution in [-0.4, -0.2) is 38.0 Å². The molecule has 0 aliphatic rings. The fourth-order valence-electron chi connectivity index (χ4n) is 0.841. The monoisotopic (exact) mass is 230 g/mol. The van der Waals surface area contributed by atoms with E-state index >= 15 is 0 Å². The Balaban J connectivity index is 3.28. The van der Waals surface area contributed by atoms with Crippen LogP contribution in [-0.2, 0) is 19.0 Å². The lowest BCUT2D eigenvalue weighted by Crippen LogP contribution is -2.25. The summed E-state index contributed by atoms with van der Waals surface area (Å²) < 4.78 is 15.5. The van der Waals surface area contributed by atoms with Crippen LogP contribution in [0.3, 0.4) is 0 Å². The molecule has 0 saturated heterocycles. The van der Waals surface area contributed by atoms with Crippen LogP contribution in [0.1, 0.15) is 27.2 Å². The Morgan fingerprint density at radius 2 is 1.88 bits per heavy atom. The molecule has 0 spiro atoms. The van der Waals surface area contributed by atoms with E-state index in [2.05, 4.69) is 13.5 Å². The van der Waals surface area contributed by atoms with Crippen LogP contribution in [0.15, 0.2) is 12.7 Å². The second-order valence-electron chi connectivity index (χ2n) is 3.95. The minimum atomic E-state index is -0.424. The number of carbonyl (C=O) groups excluding carboxylic acids is 1. The van der Waals surface area contributed by atoms with E-state index < -0.39 is 5.97 Å². The zero-order chi connectivity index (χ0) is 12.4. The van der Waals surface area contributed by atoms with E-state index in [-0.39, 0.29) is 12.2 Å². The average molecular weight is 230 g/mol. The van der Waals surface area contributed by atoms with Gasteiger partial charge in [-0.3, -0.25) is 0 Å². The quantitative estimate of drug-likeness (QED) is 0.345. The zero-order valence-corrected chi connectivity index (χ0v) is 10.5. The summed E-state index contributed by atoms with van der Waals surface area (Å²) in [4.78, 5) is 10.7. The molecule has 0 radical (unpaired) electrons. The summed E-state index contributed by atoms with van der Waals surface area (Å²) in [6.45, 7) is 11.1. The Kier molecular flexibility index (Phi) is 7.85. The predicted octanol–water partition coefficient (Wildman–Crippen LogP) is 1.94. The summed E-state index contributed by atoms with van der Waals surface area (Å²) in [5, 5.41) is 0. The standard InChI is InChI=1S/C12H22O4/c1-5-11(13)15-9-7-14-8-10-16-12(3,4)6-2/h5H,1,6-10H2,2-4H3. The first-order chi connectivity index (χ1) is 7.52. The third kappa shape index (κ3) is 8.44. The molecule has 4 heteroatoms. The summed E-state index contributed by atoms with van der Waals surface area (Å²) in [7, 11) is 0. The van der Waals surface area contributed by atoms with Gasteiger partial charge >= 0.3 is 5.97 Å². The highest BCUT2D eigenvalue weighted by Gasteiger charge is 2.14. The Morgan fingerprint density at radius 1 is 1.25 bits per heavy atom. The highest BCUT2D eigenvalue weighted by molar-refractivity contribution is 5.81. The Labute approximate surface area is 97.6 Å². The minimum absolute atomic E-state index is 0.0985. The molecule has 0 bridgehead atoms. The number of rotatable bonds is 9. The van der Waals surface area contributed by atoms with Crippen molar-refractivity contribution in [2.24, 2.45) is 0 Å². The maximum Gasteiger partial charge on any atom is 0.330 e. The summed E-state index contributed by atoms with van der Waals surface area (Å²) in [6, 6.07) is 0. The second-order valence-corrected chi connectivity index (χ2v) is 3.95. The van der Waals surface area contributed by atoms with Crippen molar-refractivity contribution in [3.8, 4) is 0 Å². The number of carbonyl (C=O) groups is 1. The van der Waals surface area contributed by atoms with Gasteiger partial charge < -0.3 is 14.2 Å². The van der Waals surface area contributed by atoms with Gasteiger partial charge in [-0.05, 0) is 20.3 Å². The normalized spacial score (nSPS) is 11.2. The molecule has 4 nitrogen and oxygen atoms in total. The second kappa shape index (κ2) is 8.30. The molecule has 0 aliphatic carbocycles. The topological polar surface area (TPSA) is 44.8 Å². The third-order valence-corrected chi connectivity index (χ3v) is 2.21. The summed E-state index contributed by atoms with van der Waals surface area (Å²) in [5.74, 6) is -0.424. The molecule has 0 amide bonds.